The predicted octanol–water partition coefficient (Wildman–Crippen LogP) is 2.58. The van der Waals surface area contributed by atoms with Gasteiger partial charge < -0.3 is 9.80 Å². The van der Waals surface area contributed by atoms with Crippen molar-refractivity contribution in [3.63, 3.8) is 0 Å². The Balaban J connectivity index is 1.71. The Hall–Kier alpha value is -1.27. The van der Waals surface area contributed by atoms with Crippen LogP contribution in [-0.2, 0) is 9.59 Å². The summed E-state index contributed by atoms with van der Waals surface area (Å²) in [7, 11) is 0. The zero-order chi connectivity index (χ0) is 16.2. The van der Waals surface area contributed by atoms with Gasteiger partial charge in [0.25, 0.3) is 0 Å². The molecule has 0 radical (unpaired) electrons. The molecular formula is C15H23F3N2O2. The Morgan fingerprint density at radius 3 is 2.00 bits per heavy atom. The van der Waals surface area contributed by atoms with Gasteiger partial charge in [0.05, 0.1) is 0 Å². The molecule has 126 valence electrons. The molecule has 0 spiro atoms. The molecule has 7 heteroatoms. The lowest BCUT2D eigenvalue weighted by atomic mass is 9.86. The van der Waals surface area contributed by atoms with Gasteiger partial charge in [-0.15, -0.1) is 0 Å². The number of hydrogen-bond donors (Lipinski definition) is 0. The number of hydrogen-bond acceptors (Lipinski definition) is 2. The van der Waals surface area contributed by atoms with E-state index < -0.39 is 12.1 Å². The van der Waals surface area contributed by atoms with E-state index in [0.29, 0.717) is 12.3 Å². The van der Waals surface area contributed by atoms with E-state index in [1.165, 1.54) is 32.1 Å². The topological polar surface area (TPSA) is 40.6 Å². The molecule has 0 aromatic heterocycles. The van der Waals surface area contributed by atoms with Gasteiger partial charge in [0.15, 0.2) is 0 Å². The summed E-state index contributed by atoms with van der Waals surface area (Å²) < 4.78 is 37.0. The Kier molecular flexibility index (Phi) is 5.69. The fourth-order valence-corrected chi connectivity index (χ4v) is 3.30. The summed E-state index contributed by atoms with van der Waals surface area (Å²) in [6, 6.07) is 0. The molecule has 2 amide bonds. The number of carbonyl (C=O) groups is 2. The van der Waals surface area contributed by atoms with Crippen LogP contribution in [0.25, 0.3) is 0 Å². The number of amides is 2. The average molecular weight is 320 g/mol. The van der Waals surface area contributed by atoms with Gasteiger partial charge in [0, 0.05) is 32.6 Å². The molecule has 1 aliphatic heterocycles. The number of alkyl halides is 3. The summed E-state index contributed by atoms with van der Waals surface area (Å²) in [6.45, 7) is 0.331. The van der Waals surface area contributed by atoms with Crippen LogP contribution in [0.1, 0.15) is 44.9 Å². The minimum absolute atomic E-state index is 0.00433. The van der Waals surface area contributed by atoms with Crippen molar-refractivity contribution >= 4 is 11.8 Å². The molecule has 22 heavy (non-hydrogen) atoms. The molecule has 0 bridgehead atoms. The van der Waals surface area contributed by atoms with E-state index >= 15 is 0 Å². The summed E-state index contributed by atoms with van der Waals surface area (Å²) in [6.07, 6.45) is 2.63. The van der Waals surface area contributed by atoms with Crippen LogP contribution < -0.4 is 0 Å². The van der Waals surface area contributed by atoms with E-state index in [9.17, 15) is 22.8 Å². The van der Waals surface area contributed by atoms with E-state index in [-0.39, 0.29) is 32.1 Å². The molecule has 0 unspecified atom stereocenters. The van der Waals surface area contributed by atoms with Gasteiger partial charge in [-0.3, -0.25) is 9.59 Å². The molecule has 2 aliphatic rings. The fourth-order valence-electron chi connectivity index (χ4n) is 3.30. The minimum atomic E-state index is -4.83. The van der Waals surface area contributed by atoms with Gasteiger partial charge in [-0.05, 0) is 12.3 Å². The van der Waals surface area contributed by atoms with Crippen molar-refractivity contribution in [2.45, 2.75) is 51.1 Å². The highest BCUT2D eigenvalue weighted by Crippen LogP contribution is 2.27. The molecule has 0 aromatic carbocycles. The molecule has 0 atom stereocenters. The Morgan fingerprint density at radius 2 is 1.45 bits per heavy atom. The van der Waals surface area contributed by atoms with Crippen LogP contribution in [0.15, 0.2) is 0 Å². The molecule has 1 aliphatic carbocycles. The summed E-state index contributed by atoms with van der Waals surface area (Å²) in [5.41, 5.74) is 0. The van der Waals surface area contributed by atoms with E-state index in [4.69, 9.17) is 0 Å². The van der Waals surface area contributed by atoms with E-state index in [1.807, 2.05) is 0 Å². The number of piperazine rings is 1. The van der Waals surface area contributed by atoms with Crippen LogP contribution in [0, 0.1) is 5.92 Å². The third-order valence-corrected chi connectivity index (χ3v) is 4.65. The van der Waals surface area contributed by atoms with Crippen LogP contribution in [0.3, 0.4) is 0 Å². The minimum Gasteiger partial charge on any atom is -0.339 e. The van der Waals surface area contributed by atoms with Gasteiger partial charge in [0.1, 0.15) is 0 Å². The zero-order valence-electron chi connectivity index (χ0n) is 12.7. The monoisotopic (exact) mass is 320 g/mol. The van der Waals surface area contributed by atoms with Crippen LogP contribution in [0.4, 0.5) is 13.2 Å². The lowest BCUT2D eigenvalue weighted by molar-refractivity contribution is -0.187. The first-order chi connectivity index (χ1) is 10.4. The first-order valence-corrected chi connectivity index (χ1v) is 8.02. The van der Waals surface area contributed by atoms with Gasteiger partial charge in [-0.2, -0.15) is 13.2 Å². The second-order valence-electron chi connectivity index (χ2n) is 6.21. The summed E-state index contributed by atoms with van der Waals surface area (Å²) in [5.74, 6) is -1.18. The second kappa shape index (κ2) is 7.33. The van der Waals surface area contributed by atoms with Gasteiger partial charge in [-0.1, -0.05) is 32.1 Å². The maximum Gasteiger partial charge on any atom is 0.471 e. The van der Waals surface area contributed by atoms with Gasteiger partial charge in [0.2, 0.25) is 5.91 Å². The quantitative estimate of drug-likeness (QED) is 0.802. The normalized spacial score (nSPS) is 21.0. The largest absolute Gasteiger partial charge is 0.471 e. The molecule has 1 heterocycles. The van der Waals surface area contributed by atoms with Crippen molar-refractivity contribution in [1.29, 1.82) is 0 Å². The third-order valence-electron chi connectivity index (χ3n) is 4.65. The van der Waals surface area contributed by atoms with Crippen molar-refractivity contribution in [2.75, 3.05) is 26.2 Å². The SMILES string of the molecule is O=C(CCC1CCCCC1)N1CCN(C(=O)C(F)(F)F)CC1. The van der Waals surface area contributed by atoms with Gasteiger partial charge >= 0.3 is 12.1 Å². The van der Waals surface area contributed by atoms with Crippen LogP contribution in [-0.4, -0.2) is 54.0 Å². The van der Waals surface area contributed by atoms with E-state index in [1.54, 1.807) is 4.90 Å². The molecular weight excluding hydrogens is 297 g/mol. The predicted molar refractivity (Wildman–Crippen MR) is 75.0 cm³/mol. The Bertz CT molecular complexity index is 398. The van der Waals surface area contributed by atoms with Gasteiger partial charge in [-0.25, -0.2) is 0 Å². The molecule has 2 rings (SSSR count). The maximum atomic E-state index is 12.3. The third kappa shape index (κ3) is 4.61. The molecule has 1 saturated carbocycles. The lowest BCUT2D eigenvalue weighted by Crippen LogP contribution is -2.53. The lowest BCUT2D eigenvalue weighted by Gasteiger charge is -2.35. The van der Waals surface area contributed by atoms with E-state index in [0.717, 1.165) is 11.3 Å². The average Bonchev–Trinajstić information content (AvgIpc) is 2.52. The van der Waals surface area contributed by atoms with E-state index in [2.05, 4.69) is 0 Å². The second-order valence-corrected chi connectivity index (χ2v) is 6.21. The number of carbonyl (C=O) groups excluding carboxylic acids is 2. The van der Waals surface area contributed by atoms with Crippen molar-refractivity contribution in [1.82, 2.24) is 9.80 Å². The van der Waals surface area contributed by atoms with Crippen LogP contribution in [0.2, 0.25) is 0 Å². The number of halogens is 3. The standard InChI is InChI=1S/C15H23F3N2O2/c16-15(17,18)14(22)20-10-8-19(9-11-20)13(21)7-6-12-4-2-1-3-5-12/h12H,1-11H2. The maximum absolute atomic E-state index is 12.3. The Labute approximate surface area is 128 Å². The number of rotatable bonds is 3. The van der Waals surface area contributed by atoms with Crippen molar-refractivity contribution in [2.24, 2.45) is 5.92 Å². The summed E-state index contributed by atoms with van der Waals surface area (Å²) >= 11 is 0. The van der Waals surface area contributed by atoms with Crippen molar-refractivity contribution in [3.8, 4) is 0 Å². The number of nitrogens with zero attached hydrogens (tertiary/aromatic N) is 2. The fraction of sp³-hybridized carbons (Fsp3) is 0.867. The van der Waals surface area contributed by atoms with Crippen LogP contribution >= 0.6 is 0 Å². The molecule has 0 aromatic rings. The highest BCUT2D eigenvalue weighted by atomic mass is 19.4. The highest BCUT2D eigenvalue weighted by molar-refractivity contribution is 5.82. The first kappa shape index (κ1) is 17.1. The smallest absolute Gasteiger partial charge is 0.339 e. The van der Waals surface area contributed by atoms with Crippen molar-refractivity contribution < 1.29 is 22.8 Å². The molecule has 0 N–H and O–H groups in total. The first-order valence-electron chi connectivity index (χ1n) is 8.02. The summed E-state index contributed by atoms with van der Waals surface area (Å²) in [5, 5.41) is 0. The molecule has 2 fully saturated rings. The van der Waals surface area contributed by atoms with Crippen LogP contribution in [0.5, 0.6) is 0 Å². The zero-order valence-corrected chi connectivity index (χ0v) is 12.7. The van der Waals surface area contributed by atoms with Crippen molar-refractivity contribution in [3.05, 3.63) is 0 Å². The summed E-state index contributed by atoms with van der Waals surface area (Å²) in [4.78, 5) is 25.6. The molecule has 4 nitrogen and oxygen atoms in total. The molecule has 1 saturated heterocycles. The highest BCUT2D eigenvalue weighted by Gasteiger charge is 2.43. The Morgan fingerprint density at radius 1 is 0.909 bits per heavy atom.